The lowest BCUT2D eigenvalue weighted by molar-refractivity contribution is -0.147. The Morgan fingerprint density at radius 2 is 1.10 bits per heavy atom. The zero-order valence-corrected chi connectivity index (χ0v) is 31.1. The first-order valence-corrected chi connectivity index (χ1v) is 19.5. The standard InChI is InChI=1S/C38H62NO10P/c1-3-5-7-9-11-13-15-17-19-21-23-25-27-29-36(41)39-35(38(43)44)33-49-50(45,46)48-32-34(40)31-47-37(42)30-28-26-24-22-20-18-16-14-12-10-8-6-4-2/h5-8,11-14,17-20,34-35,40H,3-4,9-10,15-16,21-33H2,1-2H3,(H,39,41)(H,43,44)(H,45,46)/b7-5-,8-6-,13-11-,14-12-,19-17-,20-18-. The molecule has 0 bridgehead atoms. The largest absolute Gasteiger partial charge is 0.480 e. The van der Waals surface area contributed by atoms with Gasteiger partial charge in [-0.1, -0.05) is 99.6 Å². The Kier molecular flexibility index (Phi) is 31.0. The number of aliphatic carboxylic acids is 1. The average molecular weight is 724 g/mol. The number of amides is 1. The Morgan fingerprint density at radius 1 is 0.640 bits per heavy atom. The molecule has 3 atom stereocenters. The van der Waals surface area contributed by atoms with Crippen molar-refractivity contribution >= 4 is 25.7 Å². The van der Waals surface area contributed by atoms with E-state index in [9.17, 15) is 34.1 Å². The van der Waals surface area contributed by atoms with E-state index in [1.54, 1.807) is 0 Å². The zero-order chi connectivity index (χ0) is 37.1. The van der Waals surface area contributed by atoms with Gasteiger partial charge in [-0.25, -0.2) is 9.36 Å². The molecule has 11 nitrogen and oxygen atoms in total. The highest BCUT2D eigenvalue weighted by Gasteiger charge is 2.28. The van der Waals surface area contributed by atoms with Crippen molar-refractivity contribution in [3.8, 4) is 0 Å². The normalized spacial score (nSPS) is 14.8. The van der Waals surface area contributed by atoms with E-state index in [1.807, 2.05) is 0 Å². The Balaban J connectivity index is 4.09. The maximum Gasteiger partial charge on any atom is 0.472 e. The third-order valence-electron chi connectivity index (χ3n) is 6.99. The van der Waals surface area contributed by atoms with Gasteiger partial charge in [0.25, 0.3) is 0 Å². The fourth-order valence-electron chi connectivity index (χ4n) is 4.22. The molecule has 0 aliphatic carbocycles. The van der Waals surface area contributed by atoms with Gasteiger partial charge in [-0.05, 0) is 77.0 Å². The molecule has 3 unspecified atom stereocenters. The number of nitrogens with one attached hydrogen (secondary N) is 1. The van der Waals surface area contributed by atoms with Crippen LogP contribution in [0.1, 0.15) is 117 Å². The first-order chi connectivity index (χ1) is 24.1. The molecule has 50 heavy (non-hydrogen) atoms. The number of unbranched alkanes of at least 4 members (excludes halogenated alkanes) is 6. The number of phosphoric acid groups is 1. The summed E-state index contributed by atoms with van der Waals surface area (Å²) < 4.78 is 26.6. The van der Waals surface area contributed by atoms with E-state index in [0.717, 1.165) is 77.0 Å². The molecule has 0 heterocycles. The number of carboxylic acid groups (broad SMARTS) is 1. The summed E-state index contributed by atoms with van der Waals surface area (Å²) in [5, 5.41) is 21.7. The minimum Gasteiger partial charge on any atom is -0.480 e. The number of allylic oxidation sites excluding steroid dienone is 12. The summed E-state index contributed by atoms with van der Waals surface area (Å²) in [5.41, 5.74) is 0. The van der Waals surface area contributed by atoms with Gasteiger partial charge in [0.1, 0.15) is 12.7 Å². The van der Waals surface area contributed by atoms with Crippen molar-refractivity contribution in [2.75, 3.05) is 19.8 Å². The third-order valence-corrected chi connectivity index (χ3v) is 7.94. The summed E-state index contributed by atoms with van der Waals surface area (Å²) in [6.45, 7) is 2.26. The van der Waals surface area contributed by atoms with Crippen LogP contribution in [0.4, 0.5) is 0 Å². The number of hydrogen-bond donors (Lipinski definition) is 4. The molecule has 0 rings (SSSR count). The van der Waals surface area contributed by atoms with Gasteiger partial charge in [0.15, 0.2) is 6.04 Å². The quantitative estimate of drug-likeness (QED) is 0.0230. The number of ether oxygens (including phenoxy) is 1. The van der Waals surface area contributed by atoms with E-state index in [4.69, 9.17) is 13.8 Å². The number of carbonyl (C=O) groups excluding carboxylic acids is 2. The summed E-state index contributed by atoms with van der Waals surface area (Å²) in [7, 11) is -4.77. The maximum atomic E-state index is 12.2. The van der Waals surface area contributed by atoms with E-state index in [2.05, 4.69) is 92.1 Å². The number of carbonyl (C=O) groups is 3. The predicted molar refractivity (Wildman–Crippen MR) is 198 cm³/mol. The highest BCUT2D eigenvalue weighted by molar-refractivity contribution is 7.47. The second-order valence-electron chi connectivity index (χ2n) is 11.6. The van der Waals surface area contributed by atoms with Gasteiger partial charge in [-0.15, -0.1) is 0 Å². The van der Waals surface area contributed by atoms with Crippen molar-refractivity contribution in [1.29, 1.82) is 0 Å². The zero-order valence-electron chi connectivity index (χ0n) is 30.2. The minimum absolute atomic E-state index is 0.104. The molecule has 0 saturated heterocycles. The van der Waals surface area contributed by atoms with Gasteiger partial charge < -0.3 is 25.2 Å². The van der Waals surface area contributed by atoms with Crippen molar-refractivity contribution in [2.24, 2.45) is 0 Å². The highest BCUT2D eigenvalue weighted by atomic mass is 31.2. The molecule has 0 aliphatic rings. The lowest BCUT2D eigenvalue weighted by atomic mass is 10.1. The molecule has 12 heteroatoms. The summed E-state index contributed by atoms with van der Waals surface area (Å²) in [4.78, 5) is 45.6. The van der Waals surface area contributed by atoms with Crippen LogP contribution >= 0.6 is 7.82 Å². The van der Waals surface area contributed by atoms with Crippen molar-refractivity contribution in [3.63, 3.8) is 0 Å². The maximum absolute atomic E-state index is 12.2. The second-order valence-corrected chi connectivity index (χ2v) is 13.1. The molecule has 0 aromatic rings. The van der Waals surface area contributed by atoms with E-state index < -0.39 is 57.6 Å². The van der Waals surface area contributed by atoms with Crippen molar-refractivity contribution < 1.29 is 47.8 Å². The first-order valence-electron chi connectivity index (χ1n) is 18.0. The minimum atomic E-state index is -4.77. The van der Waals surface area contributed by atoms with Crippen LogP contribution < -0.4 is 5.32 Å². The van der Waals surface area contributed by atoms with E-state index in [1.165, 1.54) is 0 Å². The molecule has 0 aliphatic heterocycles. The third kappa shape index (κ3) is 32.1. The van der Waals surface area contributed by atoms with Gasteiger partial charge in [-0.3, -0.25) is 18.6 Å². The fraction of sp³-hybridized carbons (Fsp3) is 0.605. The number of phosphoric ester groups is 1. The highest BCUT2D eigenvalue weighted by Crippen LogP contribution is 2.43. The number of aliphatic hydroxyl groups is 1. The number of esters is 1. The lowest BCUT2D eigenvalue weighted by Crippen LogP contribution is -2.43. The Labute approximate surface area is 299 Å². The Morgan fingerprint density at radius 3 is 1.60 bits per heavy atom. The summed E-state index contributed by atoms with van der Waals surface area (Å²) in [6.07, 6.45) is 36.6. The SMILES string of the molecule is CC/C=C\C/C=C\C/C=C\CCCCCC(=O)NC(COP(=O)(O)OCC(O)COC(=O)CCCCC/C=C\C/C=C\C/C=C\CC)C(=O)O. The van der Waals surface area contributed by atoms with Gasteiger partial charge in [0.2, 0.25) is 5.91 Å². The number of carboxylic acids is 1. The predicted octanol–water partition coefficient (Wildman–Crippen LogP) is 8.21. The first kappa shape index (κ1) is 46.9. The summed E-state index contributed by atoms with van der Waals surface area (Å²) in [5.74, 6) is -2.46. The van der Waals surface area contributed by atoms with Crippen LogP contribution in [0.5, 0.6) is 0 Å². The van der Waals surface area contributed by atoms with Gasteiger partial charge in [0, 0.05) is 12.8 Å². The fourth-order valence-corrected chi connectivity index (χ4v) is 5.00. The van der Waals surface area contributed by atoms with Crippen LogP contribution in [0.15, 0.2) is 72.9 Å². The van der Waals surface area contributed by atoms with Crippen LogP contribution in [0.3, 0.4) is 0 Å². The molecule has 0 radical (unpaired) electrons. The summed E-state index contributed by atoms with van der Waals surface area (Å²) in [6, 6.07) is -1.57. The summed E-state index contributed by atoms with van der Waals surface area (Å²) >= 11 is 0. The van der Waals surface area contributed by atoms with Crippen molar-refractivity contribution in [1.82, 2.24) is 5.32 Å². The average Bonchev–Trinajstić information content (AvgIpc) is 3.08. The van der Waals surface area contributed by atoms with Crippen LogP contribution in [-0.2, 0) is 32.7 Å². The van der Waals surface area contributed by atoms with Gasteiger partial charge in [-0.2, -0.15) is 0 Å². The lowest BCUT2D eigenvalue weighted by Gasteiger charge is -2.18. The Hall–Kier alpha value is -3.08. The molecule has 0 saturated carbocycles. The molecule has 4 N–H and O–H groups in total. The van der Waals surface area contributed by atoms with Crippen LogP contribution in [0.2, 0.25) is 0 Å². The van der Waals surface area contributed by atoms with Gasteiger partial charge in [0.05, 0.1) is 13.2 Å². The van der Waals surface area contributed by atoms with Crippen LogP contribution in [-0.4, -0.2) is 64.9 Å². The number of aliphatic hydroxyl groups excluding tert-OH is 1. The molecule has 1 amide bonds. The molecule has 284 valence electrons. The van der Waals surface area contributed by atoms with E-state index in [-0.39, 0.29) is 12.8 Å². The smallest absolute Gasteiger partial charge is 0.472 e. The van der Waals surface area contributed by atoms with Gasteiger partial charge >= 0.3 is 19.8 Å². The van der Waals surface area contributed by atoms with Crippen molar-refractivity contribution in [2.45, 2.75) is 129 Å². The van der Waals surface area contributed by atoms with Crippen LogP contribution in [0, 0.1) is 0 Å². The van der Waals surface area contributed by atoms with Crippen molar-refractivity contribution in [3.05, 3.63) is 72.9 Å². The number of rotatable bonds is 32. The Bertz CT molecular complexity index is 1130. The van der Waals surface area contributed by atoms with E-state index in [0.29, 0.717) is 12.8 Å². The molecule has 0 aromatic heterocycles. The van der Waals surface area contributed by atoms with E-state index >= 15 is 0 Å². The molecule has 0 fully saturated rings. The second kappa shape index (κ2) is 33.1. The topological polar surface area (TPSA) is 169 Å². The molecular weight excluding hydrogens is 661 g/mol. The molecular formula is C38H62NO10P. The molecule has 0 aromatic carbocycles. The van der Waals surface area contributed by atoms with Crippen LogP contribution in [0.25, 0.3) is 0 Å². The molecule has 0 spiro atoms. The number of hydrogen-bond acceptors (Lipinski definition) is 8. The monoisotopic (exact) mass is 723 g/mol.